The van der Waals surface area contributed by atoms with E-state index in [2.05, 4.69) is 10.6 Å². The lowest BCUT2D eigenvalue weighted by molar-refractivity contribution is 0.0977. The van der Waals surface area contributed by atoms with Gasteiger partial charge in [-0.2, -0.15) is 0 Å². The zero-order valence-electron chi connectivity index (χ0n) is 13.9. The molecule has 1 amide bonds. The van der Waals surface area contributed by atoms with E-state index in [4.69, 9.17) is 23.8 Å². The van der Waals surface area contributed by atoms with E-state index in [1.807, 2.05) is 12.1 Å². The fraction of sp³-hybridized carbons (Fsp3) is 0.0500. The number of carbonyl (C=O) groups is 2. The maximum absolute atomic E-state index is 12.6. The molecule has 3 aromatic rings. The number of thiocarbonyl (C=S) groups is 1. The molecule has 0 aromatic heterocycles. The number of rotatable bonds is 3. The monoisotopic (exact) mass is 382 g/mol. The summed E-state index contributed by atoms with van der Waals surface area (Å²) in [5.41, 5.74) is 1.67. The maximum Gasteiger partial charge on any atom is 0.258 e. The van der Waals surface area contributed by atoms with E-state index in [9.17, 15) is 9.59 Å². The van der Waals surface area contributed by atoms with Crippen molar-refractivity contribution in [3.8, 4) is 0 Å². The second kappa shape index (κ2) is 7.64. The highest BCUT2D eigenvalue weighted by molar-refractivity contribution is 7.80. The summed E-state index contributed by atoms with van der Waals surface area (Å²) in [4.78, 5) is 24.1. The second-order valence-electron chi connectivity index (χ2n) is 5.69. The van der Waals surface area contributed by atoms with Crippen LogP contribution >= 0.6 is 23.8 Å². The van der Waals surface area contributed by atoms with Crippen molar-refractivity contribution in [1.29, 1.82) is 0 Å². The topological polar surface area (TPSA) is 58.2 Å². The van der Waals surface area contributed by atoms with Crippen LogP contribution in [0.1, 0.15) is 27.6 Å². The lowest BCUT2D eigenvalue weighted by atomic mass is 10.0. The first-order chi connectivity index (χ1) is 12.5. The molecule has 0 unspecified atom stereocenters. The van der Waals surface area contributed by atoms with Crippen molar-refractivity contribution in [3.63, 3.8) is 0 Å². The van der Waals surface area contributed by atoms with E-state index in [1.165, 1.54) is 6.92 Å². The zero-order valence-corrected chi connectivity index (χ0v) is 15.4. The van der Waals surface area contributed by atoms with Crippen LogP contribution in [0.5, 0.6) is 0 Å². The molecule has 130 valence electrons. The van der Waals surface area contributed by atoms with Crippen molar-refractivity contribution in [2.75, 3.05) is 5.32 Å². The standard InChI is InChI=1S/C20H15ClN2O2S/c1-12(24)13-5-2-6-14(11-13)22-20(26)23-19(25)17-9-3-8-16-15(17)7-4-10-18(16)21/h2-11H,1H3,(H2,22,23,25,26). The molecule has 6 heteroatoms. The first-order valence-electron chi connectivity index (χ1n) is 7.86. The molecule has 0 saturated carbocycles. The SMILES string of the molecule is CC(=O)c1cccc(NC(=S)NC(=O)c2cccc3c(Cl)cccc23)c1. The smallest absolute Gasteiger partial charge is 0.258 e. The third-order valence-electron chi connectivity index (χ3n) is 3.87. The van der Waals surface area contributed by atoms with Crippen LogP contribution in [0.4, 0.5) is 5.69 Å². The van der Waals surface area contributed by atoms with Gasteiger partial charge in [-0.05, 0) is 48.8 Å². The Balaban J connectivity index is 1.78. The third-order valence-corrected chi connectivity index (χ3v) is 4.40. The van der Waals surface area contributed by atoms with E-state index < -0.39 is 0 Å². The van der Waals surface area contributed by atoms with Crippen LogP contribution < -0.4 is 10.6 Å². The Labute approximate surface area is 161 Å². The molecule has 0 bridgehead atoms. The van der Waals surface area contributed by atoms with E-state index in [-0.39, 0.29) is 16.8 Å². The molecule has 0 radical (unpaired) electrons. The molecule has 0 aliphatic carbocycles. The molecular weight excluding hydrogens is 368 g/mol. The Morgan fingerprint density at radius 3 is 2.42 bits per heavy atom. The quantitative estimate of drug-likeness (QED) is 0.503. The largest absolute Gasteiger partial charge is 0.332 e. The highest BCUT2D eigenvalue weighted by Gasteiger charge is 2.13. The normalized spacial score (nSPS) is 10.4. The van der Waals surface area contributed by atoms with Crippen molar-refractivity contribution >= 4 is 57.1 Å². The van der Waals surface area contributed by atoms with Crippen LogP contribution in [0.25, 0.3) is 10.8 Å². The van der Waals surface area contributed by atoms with Crippen molar-refractivity contribution < 1.29 is 9.59 Å². The summed E-state index contributed by atoms with van der Waals surface area (Å²) >= 11 is 11.4. The number of anilines is 1. The van der Waals surface area contributed by atoms with E-state index >= 15 is 0 Å². The average molecular weight is 383 g/mol. The first kappa shape index (κ1) is 18.0. The van der Waals surface area contributed by atoms with Gasteiger partial charge in [0.15, 0.2) is 10.9 Å². The van der Waals surface area contributed by atoms with Crippen LogP contribution in [0.3, 0.4) is 0 Å². The Kier molecular flexibility index (Phi) is 5.30. The van der Waals surface area contributed by atoms with Gasteiger partial charge >= 0.3 is 0 Å². The average Bonchev–Trinajstić information content (AvgIpc) is 2.61. The molecule has 3 rings (SSSR count). The number of halogens is 1. The van der Waals surface area contributed by atoms with E-state index in [0.717, 1.165) is 10.8 Å². The van der Waals surface area contributed by atoms with Gasteiger partial charge in [-0.3, -0.25) is 14.9 Å². The van der Waals surface area contributed by atoms with E-state index in [0.29, 0.717) is 21.8 Å². The summed E-state index contributed by atoms with van der Waals surface area (Å²) < 4.78 is 0. The number of benzene rings is 3. The number of nitrogens with one attached hydrogen (secondary N) is 2. The number of hydrogen-bond acceptors (Lipinski definition) is 3. The lowest BCUT2D eigenvalue weighted by Gasteiger charge is -2.12. The van der Waals surface area contributed by atoms with Crippen molar-refractivity contribution in [3.05, 3.63) is 76.8 Å². The third kappa shape index (κ3) is 3.90. The van der Waals surface area contributed by atoms with Gasteiger partial charge < -0.3 is 5.32 Å². The van der Waals surface area contributed by atoms with Crippen LogP contribution in [-0.4, -0.2) is 16.8 Å². The zero-order chi connectivity index (χ0) is 18.7. The minimum Gasteiger partial charge on any atom is -0.332 e. The summed E-state index contributed by atoms with van der Waals surface area (Å²) in [5.74, 6) is -0.380. The lowest BCUT2D eigenvalue weighted by Crippen LogP contribution is -2.34. The molecule has 0 aliphatic rings. The molecule has 0 atom stereocenters. The van der Waals surface area contributed by atoms with Gasteiger partial charge in [0.2, 0.25) is 0 Å². The number of ketones is 1. The Hall–Kier alpha value is -2.76. The summed E-state index contributed by atoms with van der Waals surface area (Å²) in [7, 11) is 0. The Morgan fingerprint density at radius 2 is 1.65 bits per heavy atom. The highest BCUT2D eigenvalue weighted by atomic mass is 35.5. The minimum absolute atomic E-state index is 0.0451. The van der Waals surface area contributed by atoms with Crippen molar-refractivity contribution in [2.24, 2.45) is 0 Å². The summed E-state index contributed by atoms with van der Waals surface area (Å²) in [6.45, 7) is 1.49. The van der Waals surface area contributed by atoms with Crippen LogP contribution in [0, 0.1) is 0 Å². The molecule has 0 saturated heterocycles. The summed E-state index contributed by atoms with van der Waals surface area (Å²) in [6, 6.07) is 17.7. The van der Waals surface area contributed by atoms with Crippen molar-refractivity contribution in [2.45, 2.75) is 6.92 Å². The highest BCUT2D eigenvalue weighted by Crippen LogP contribution is 2.25. The number of Topliss-reactive ketones (excluding diaryl/α,β-unsaturated/α-hetero) is 1. The minimum atomic E-state index is -0.335. The summed E-state index contributed by atoms with van der Waals surface area (Å²) in [6.07, 6.45) is 0. The first-order valence-corrected chi connectivity index (χ1v) is 8.65. The molecule has 0 spiro atoms. The van der Waals surface area contributed by atoms with Crippen LogP contribution in [0.15, 0.2) is 60.7 Å². The molecule has 26 heavy (non-hydrogen) atoms. The molecule has 2 N–H and O–H groups in total. The van der Waals surface area contributed by atoms with Gasteiger partial charge in [0.1, 0.15) is 0 Å². The van der Waals surface area contributed by atoms with Gasteiger partial charge in [0, 0.05) is 27.2 Å². The second-order valence-corrected chi connectivity index (χ2v) is 6.50. The Bertz CT molecular complexity index is 1030. The van der Waals surface area contributed by atoms with Crippen LogP contribution in [-0.2, 0) is 0 Å². The maximum atomic E-state index is 12.6. The number of carbonyl (C=O) groups excluding carboxylic acids is 2. The molecule has 0 fully saturated rings. The van der Waals surface area contributed by atoms with Gasteiger partial charge in [-0.1, -0.05) is 48.0 Å². The predicted molar refractivity (Wildman–Crippen MR) is 109 cm³/mol. The predicted octanol–water partition coefficient (Wildman–Crippen LogP) is 4.82. The molecule has 3 aromatic carbocycles. The van der Waals surface area contributed by atoms with Gasteiger partial charge in [0.25, 0.3) is 5.91 Å². The molecule has 4 nitrogen and oxygen atoms in total. The fourth-order valence-electron chi connectivity index (χ4n) is 2.62. The van der Waals surface area contributed by atoms with Gasteiger partial charge in [-0.15, -0.1) is 0 Å². The van der Waals surface area contributed by atoms with Crippen LogP contribution in [0.2, 0.25) is 5.02 Å². The molecule has 0 heterocycles. The number of amides is 1. The number of fused-ring (bicyclic) bond motifs is 1. The van der Waals surface area contributed by atoms with Crippen molar-refractivity contribution in [1.82, 2.24) is 5.32 Å². The summed E-state index contributed by atoms with van der Waals surface area (Å²) in [5, 5.41) is 7.86. The van der Waals surface area contributed by atoms with Gasteiger partial charge in [-0.25, -0.2) is 0 Å². The Morgan fingerprint density at radius 1 is 0.962 bits per heavy atom. The fourth-order valence-corrected chi connectivity index (χ4v) is 3.07. The number of hydrogen-bond donors (Lipinski definition) is 2. The molecular formula is C20H15ClN2O2S. The molecule has 0 aliphatic heterocycles. The van der Waals surface area contributed by atoms with Gasteiger partial charge in [0.05, 0.1) is 0 Å². The van der Waals surface area contributed by atoms with E-state index in [1.54, 1.807) is 48.5 Å².